The topological polar surface area (TPSA) is 69.8 Å². The Hall–Kier alpha value is -2.61. The van der Waals surface area contributed by atoms with E-state index < -0.39 is 12.1 Å². The van der Waals surface area contributed by atoms with Crippen molar-refractivity contribution in [3.63, 3.8) is 0 Å². The van der Waals surface area contributed by atoms with Crippen LogP contribution in [0.1, 0.15) is 24.1 Å². The minimum Gasteiger partial charge on any atom is -0.350 e. The molecule has 3 N–H and O–H groups in total. The van der Waals surface area contributed by atoms with Gasteiger partial charge in [0.1, 0.15) is 0 Å². The number of nitrogens with zero attached hydrogens (tertiary/aromatic N) is 2. The summed E-state index contributed by atoms with van der Waals surface area (Å²) in [5.74, 6) is 0. The monoisotopic (exact) mass is 437 g/mol. The number of urea groups is 1. The number of anilines is 2. The largest absolute Gasteiger partial charge is 0.350 e. The summed E-state index contributed by atoms with van der Waals surface area (Å²) >= 11 is 3.45. The van der Waals surface area contributed by atoms with E-state index in [4.69, 9.17) is 5.73 Å². The number of amides is 2. The maximum absolute atomic E-state index is 11.4. The predicted octanol–water partition coefficient (Wildman–Crippen LogP) is 6.04. The molecule has 0 fully saturated rings. The first-order valence-corrected chi connectivity index (χ1v) is 11.6. The summed E-state index contributed by atoms with van der Waals surface area (Å²) < 4.78 is 0. The van der Waals surface area contributed by atoms with Crippen molar-refractivity contribution in [1.29, 1.82) is 0 Å². The van der Waals surface area contributed by atoms with E-state index in [2.05, 4.69) is 53.6 Å². The predicted molar refractivity (Wildman–Crippen MR) is 123 cm³/mol. The summed E-state index contributed by atoms with van der Waals surface area (Å²) in [6, 6.07) is 21.5. The summed E-state index contributed by atoms with van der Waals surface area (Å²) in [5.41, 5.74) is 9.47. The highest BCUT2D eigenvalue weighted by molar-refractivity contribution is 7.99. The molecule has 5 nitrogen and oxygen atoms in total. The summed E-state index contributed by atoms with van der Waals surface area (Å²) in [5, 5.41) is 10.6. The molecule has 0 spiro atoms. The zero-order chi connectivity index (χ0) is 21.3. The second-order valence-corrected chi connectivity index (χ2v) is 9.05. The first kappa shape index (κ1) is 20.7. The van der Waals surface area contributed by atoms with E-state index in [1.54, 1.807) is 30.4 Å². The summed E-state index contributed by atoms with van der Waals surface area (Å²) in [4.78, 5) is 17.3. The summed E-state index contributed by atoms with van der Waals surface area (Å²) in [6.07, 6.45) is 2.07. The van der Waals surface area contributed by atoms with E-state index in [1.807, 2.05) is 24.3 Å². The fourth-order valence-electron chi connectivity index (χ4n) is 3.52. The minimum absolute atomic E-state index is 0.544. The van der Waals surface area contributed by atoms with Crippen molar-refractivity contribution in [2.24, 2.45) is 5.73 Å². The second kappa shape index (κ2) is 8.63. The average Bonchev–Trinajstić information content (AvgIpc) is 2.78. The minimum atomic E-state index is -0.870. The van der Waals surface area contributed by atoms with Crippen molar-refractivity contribution >= 4 is 40.9 Å². The zero-order valence-corrected chi connectivity index (χ0v) is 18.4. The third-order valence-corrected chi connectivity index (χ3v) is 7.10. The Morgan fingerprint density at radius 1 is 1.10 bits per heavy atom. The number of para-hydroxylation sites is 1. The van der Waals surface area contributed by atoms with Gasteiger partial charge in [0.05, 0.1) is 17.4 Å². The number of hydroxylamine groups is 2. The maximum atomic E-state index is 11.4. The van der Waals surface area contributed by atoms with Crippen molar-refractivity contribution in [1.82, 2.24) is 5.06 Å². The van der Waals surface area contributed by atoms with Gasteiger partial charge in [0.25, 0.3) is 0 Å². The lowest BCUT2D eigenvalue weighted by Crippen LogP contribution is -2.34. The molecule has 0 aliphatic carbocycles. The molecule has 30 heavy (non-hydrogen) atoms. The van der Waals surface area contributed by atoms with E-state index in [0.717, 1.165) is 28.4 Å². The van der Waals surface area contributed by atoms with Crippen molar-refractivity contribution in [2.75, 3.05) is 11.2 Å². The van der Waals surface area contributed by atoms with Crippen molar-refractivity contribution in [3.05, 3.63) is 77.9 Å². The SMILES string of the molecule is CSc1ccc(CN2c3ccccc3Sc3ccc(C(C)N(O)C(N)=O)cc32)cc1. The number of primary amides is 1. The smallest absolute Gasteiger partial charge is 0.339 e. The Balaban J connectivity index is 1.75. The molecule has 1 unspecified atom stereocenters. The van der Waals surface area contributed by atoms with Crippen molar-refractivity contribution in [2.45, 2.75) is 34.2 Å². The quantitative estimate of drug-likeness (QED) is 0.289. The van der Waals surface area contributed by atoms with Crippen LogP contribution in [0.15, 0.2) is 81.4 Å². The third kappa shape index (κ3) is 4.01. The van der Waals surface area contributed by atoms with Gasteiger partial charge in [-0.15, -0.1) is 11.8 Å². The Morgan fingerprint density at radius 2 is 1.80 bits per heavy atom. The lowest BCUT2D eigenvalue weighted by atomic mass is 10.1. The van der Waals surface area contributed by atoms with Gasteiger partial charge in [0, 0.05) is 21.2 Å². The maximum Gasteiger partial charge on any atom is 0.339 e. The van der Waals surface area contributed by atoms with Crippen LogP contribution in [-0.4, -0.2) is 22.6 Å². The molecule has 154 valence electrons. The highest BCUT2D eigenvalue weighted by Gasteiger charge is 2.26. The van der Waals surface area contributed by atoms with Crippen LogP contribution < -0.4 is 10.6 Å². The van der Waals surface area contributed by atoms with Gasteiger partial charge in [-0.2, -0.15) is 5.06 Å². The van der Waals surface area contributed by atoms with Crippen molar-refractivity contribution in [3.8, 4) is 0 Å². The van der Waals surface area contributed by atoms with E-state index in [-0.39, 0.29) is 0 Å². The van der Waals surface area contributed by atoms with Gasteiger partial charge < -0.3 is 10.6 Å². The van der Waals surface area contributed by atoms with E-state index in [1.165, 1.54) is 15.4 Å². The fraction of sp³-hybridized carbons (Fsp3) is 0.174. The summed E-state index contributed by atoms with van der Waals surface area (Å²) in [7, 11) is 0. The lowest BCUT2D eigenvalue weighted by molar-refractivity contribution is -0.0709. The normalized spacial score (nSPS) is 13.4. The Bertz CT molecular complexity index is 1070. The lowest BCUT2D eigenvalue weighted by Gasteiger charge is -2.34. The van der Waals surface area contributed by atoms with Crippen molar-refractivity contribution < 1.29 is 10.0 Å². The van der Waals surface area contributed by atoms with Gasteiger partial charge in [0.2, 0.25) is 0 Å². The molecule has 0 radical (unpaired) electrons. The molecule has 1 aliphatic heterocycles. The van der Waals surface area contributed by atoms with E-state index in [9.17, 15) is 10.0 Å². The Labute approximate surface area is 184 Å². The molecule has 0 saturated carbocycles. The zero-order valence-electron chi connectivity index (χ0n) is 16.8. The molecular weight excluding hydrogens is 414 g/mol. The van der Waals surface area contributed by atoms with Gasteiger partial charge in [-0.05, 0) is 60.7 Å². The summed E-state index contributed by atoms with van der Waals surface area (Å²) in [6.45, 7) is 2.47. The standard InChI is InChI=1S/C23H23N3O2S2/c1-15(26(28)23(24)27)17-9-12-22-20(13-17)25(19-5-3-4-6-21(19)30-22)14-16-7-10-18(29-2)11-8-16/h3-13,15,28H,14H2,1-2H3,(H2,24,27). The molecule has 1 aliphatic rings. The van der Waals surface area contributed by atoms with Gasteiger partial charge in [-0.1, -0.05) is 42.1 Å². The number of carbonyl (C=O) groups excluding carboxylic acids is 1. The van der Waals surface area contributed by atoms with Crippen LogP contribution in [0.2, 0.25) is 0 Å². The van der Waals surface area contributed by atoms with E-state index in [0.29, 0.717) is 5.06 Å². The molecule has 0 saturated heterocycles. The van der Waals surface area contributed by atoms with Crippen LogP contribution in [0.25, 0.3) is 0 Å². The molecule has 1 heterocycles. The van der Waals surface area contributed by atoms with Crippen LogP contribution in [-0.2, 0) is 6.54 Å². The Morgan fingerprint density at radius 3 is 2.50 bits per heavy atom. The number of nitrogens with two attached hydrogens (primary N) is 1. The molecule has 0 aromatic heterocycles. The number of thioether (sulfide) groups is 1. The number of carbonyl (C=O) groups is 1. The van der Waals surface area contributed by atoms with Crippen LogP contribution in [0.5, 0.6) is 0 Å². The molecular formula is C23H23N3O2S2. The molecule has 2 amide bonds. The number of fused-ring (bicyclic) bond motifs is 2. The van der Waals surface area contributed by atoms with Crippen LogP contribution in [0, 0.1) is 0 Å². The highest BCUT2D eigenvalue weighted by atomic mass is 32.2. The van der Waals surface area contributed by atoms with Crippen LogP contribution >= 0.6 is 23.5 Å². The molecule has 4 rings (SSSR count). The van der Waals surface area contributed by atoms with Gasteiger partial charge in [-0.25, -0.2) is 4.79 Å². The molecule has 3 aromatic rings. The van der Waals surface area contributed by atoms with E-state index >= 15 is 0 Å². The fourth-order valence-corrected chi connectivity index (χ4v) is 5.01. The molecule has 1 atom stereocenters. The molecule has 0 bridgehead atoms. The van der Waals surface area contributed by atoms with Crippen LogP contribution in [0.3, 0.4) is 0 Å². The third-order valence-electron chi connectivity index (χ3n) is 5.22. The van der Waals surface area contributed by atoms with Gasteiger partial charge in [0.15, 0.2) is 0 Å². The number of hydrogen-bond donors (Lipinski definition) is 2. The van der Waals surface area contributed by atoms with Crippen LogP contribution in [0.4, 0.5) is 16.2 Å². The number of hydrogen-bond acceptors (Lipinski definition) is 5. The number of benzene rings is 3. The van der Waals surface area contributed by atoms with Gasteiger partial charge in [-0.3, -0.25) is 5.21 Å². The average molecular weight is 438 g/mol. The number of rotatable bonds is 5. The molecule has 7 heteroatoms. The first-order valence-electron chi connectivity index (χ1n) is 9.56. The molecule has 3 aromatic carbocycles. The highest BCUT2D eigenvalue weighted by Crippen LogP contribution is 2.49. The second-order valence-electron chi connectivity index (χ2n) is 7.09. The first-order chi connectivity index (χ1) is 14.5. The van der Waals surface area contributed by atoms with Gasteiger partial charge >= 0.3 is 6.03 Å². The Kier molecular flexibility index (Phi) is 5.94.